The number of hydrogen-bond donors (Lipinski definition) is 0. The van der Waals surface area contributed by atoms with Crippen molar-refractivity contribution in [3.05, 3.63) is 48.6 Å². The topological polar surface area (TPSA) is 0 Å². The third-order valence-corrected chi connectivity index (χ3v) is 1.77. The molecule has 0 saturated heterocycles. The van der Waals surface area contributed by atoms with Crippen LogP contribution in [0.2, 0.25) is 0 Å². The Kier molecular flexibility index (Phi) is 6.99. The first-order valence-electron chi connectivity index (χ1n) is 4.78. The fraction of sp³-hybridized carbons (Fsp3) is 0.385. The molecule has 0 saturated carbocycles. The summed E-state index contributed by atoms with van der Waals surface area (Å²) in [6.07, 6.45) is 11.8. The molecule has 72 valence electrons. The summed E-state index contributed by atoms with van der Waals surface area (Å²) in [6, 6.07) is 0. The van der Waals surface area contributed by atoms with Crippen molar-refractivity contribution in [3.63, 3.8) is 0 Å². The molecule has 0 bridgehead atoms. The summed E-state index contributed by atoms with van der Waals surface area (Å²) in [7, 11) is 0. The molecule has 0 atom stereocenters. The molecule has 0 aliphatic heterocycles. The molecule has 0 rings (SSSR count). The second kappa shape index (κ2) is 7.60. The molecule has 0 N–H and O–H groups in total. The monoisotopic (exact) mass is 176 g/mol. The highest BCUT2D eigenvalue weighted by atomic mass is 13.9. The molecule has 0 radical (unpaired) electrons. The maximum Gasteiger partial charge on any atom is -0.0342 e. The Bertz CT molecular complexity index is 216. The maximum absolute atomic E-state index is 3.80. The van der Waals surface area contributed by atoms with Crippen molar-refractivity contribution in [1.29, 1.82) is 0 Å². The molecule has 0 spiro atoms. The zero-order valence-corrected chi connectivity index (χ0v) is 8.84. The average molecular weight is 176 g/mol. The van der Waals surface area contributed by atoms with Gasteiger partial charge >= 0.3 is 0 Å². The lowest BCUT2D eigenvalue weighted by molar-refractivity contribution is 0.864. The lowest BCUT2D eigenvalue weighted by Crippen LogP contribution is -1.72. The lowest BCUT2D eigenvalue weighted by atomic mass is 10.1. The van der Waals surface area contributed by atoms with Crippen molar-refractivity contribution < 1.29 is 0 Å². The number of unbranched alkanes of at least 4 members (excludes halogenated alkanes) is 2. The highest BCUT2D eigenvalue weighted by Gasteiger charge is 1.83. The van der Waals surface area contributed by atoms with E-state index in [1.165, 1.54) is 12.0 Å². The van der Waals surface area contributed by atoms with Crippen LogP contribution in [0.5, 0.6) is 0 Å². The van der Waals surface area contributed by atoms with Gasteiger partial charge in [-0.2, -0.15) is 0 Å². The number of rotatable bonds is 6. The van der Waals surface area contributed by atoms with E-state index in [9.17, 15) is 0 Å². The first-order valence-corrected chi connectivity index (χ1v) is 4.78. The quantitative estimate of drug-likeness (QED) is 0.415. The SMILES string of the molecule is C=C/C(C)=C/CCC/C=C/C(=C)C. The predicted octanol–water partition coefficient (Wildman–Crippen LogP) is 4.42. The van der Waals surface area contributed by atoms with Crippen molar-refractivity contribution in [2.75, 3.05) is 0 Å². The van der Waals surface area contributed by atoms with E-state index in [-0.39, 0.29) is 0 Å². The van der Waals surface area contributed by atoms with Crippen LogP contribution >= 0.6 is 0 Å². The van der Waals surface area contributed by atoms with Gasteiger partial charge in [0.2, 0.25) is 0 Å². The standard InChI is InChI=1S/C13H20/c1-5-13(4)11-9-7-6-8-10-12(2)3/h5,8,10-11H,1-2,6-7,9H2,3-4H3/b10-8+,13-11+. The Morgan fingerprint density at radius 1 is 1.23 bits per heavy atom. The van der Waals surface area contributed by atoms with E-state index in [4.69, 9.17) is 0 Å². The van der Waals surface area contributed by atoms with Gasteiger partial charge in [-0.05, 0) is 33.1 Å². The molecule has 0 amide bonds. The van der Waals surface area contributed by atoms with Gasteiger partial charge in [-0.15, -0.1) is 0 Å². The second-order valence-corrected chi connectivity index (χ2v) is 3.33. The third-order valence-electron chi connectivity index (χ3n) is 1.77. The predicted molar refractivity (Wildman–Crippen MR) is 61.8 cm³/mol. The zero-order valence-electron chi connectivity index (χ0n) is 8.84. The van der Waals surface area contributed by atoms with E-state index in [0.717, 1.165) is 18.4 Å². The van der Waals surface area contributed by atoms with E-state index >= 15 is 0 Å². The van der Waals surface area contributed by atoms with Gasteiger partial charge in [-0.1, -0.05) is 48.6 Å². The van der Waals surface area contributed by atoms with Gasteiger partial charge in [0.1, 0.15) is 0 Å². The van der Waals surface area contributed by atoms with Gasteiger partial charge in [0.25, 0.3) is 0 Å². The summed E-state index contributed by atoms with van der Waals surface area (Å²) in [5, 5.41) is 0. The minimum absolute atomic E-state index is 1.12. The number of hydrogen-bond acceptors (Lipinski definition) is 0. The molecular weight excluding hydrogens is 156 g/mol. The van der Waals surface area contributed by atoms with Crippen molar-refractivity contribution >= 4 is 0 Å². The highest BCUT2D eigenvalue weighted by molar-refractivity contribution is 5.13. The summed E-state index contributed by atoms with van der Waals surface area (Å²) in [4.78, 5) is 0. The second-order valence-electron chi connectivity index (χ2n) is 3.33. The summed E-state index contributed by atoms with van der Waals surface area (Å²) in [5.74, 6) is 0. The summed E-state index contributed by atoms with van der Waals surface area (Å²) in [6.45, 7) is 11.6. The van der Waals surface area contributed by atoms with Gasteiger partial charge in [-0.25, -0.2) is 0 Å². The Morgan fingerprint density at radius 3 is 2.46 bits per heavy atom. The van der Waals surface area contributed by atoms with Gasteiger partial charge in [-0.3, -0.25) is 0 Å². The van der Waals surface area contributed by atoms with Crippen LogP contribution in [0.1, 0.15) is 33.1 Å². The van der Waals surface area contributed by atoms with Gasteiger partial charge in [0, 0.05) is 0 Å². The smallest absolute Gasteiger partial charge is 0.0342 e. The lowest BCUT2D eigenvalue weighted by Gasteiger charge is -1.92. The van der Waals surface area contributed by atoms with Crippen LogP contribution in [0.25, 0.3) is 0 Å². The van der Waals surface area contributed by atoms with Crippen LogP contribution in [-0.4, -0.2) is 0 Å². The van der Waals surface area contributed by atoms with E-state index in [1.807, 2.05) is 13.0 Å². The molecule has 0 fully saturated rings. The minimum Gasteiger partial charge on any atom is -0.0988 e. The molecular formula is C13H20. The van der Waals surface area contributed by atoms with E-state index in [0.29, 0.717) is 0 Å². The molecule has 13 heavy (non-hydrogen) atoms. The molecule has 0 unspecified atom stereocenters. The van der Waals surface area contributed by atoms with Crippen molar-refractivity contribution in [1.82, 2.24) is 0 Å². The molecule has 0 aromatic heterocycles. The van der Waals surface area contributed by atoms with Crippen LogP contribution in [0.3, 0.4) is 0 Å². The van der Waals surface area contributed by atoms with Crippen LogP contribution in [0.15, 0.2) is 48.6 Å². The largest absolute Gasteiger partial charge is 0.0988 e. The van der Waals surface area contributed by atoms with Crippen LogP contribution in [-0.2, 0) is 0 Å². The van der Waals surface area contributed by atoms with E-state index < -0.39 is 0 Å². The van der Waals surface area contributed by atoms with Crippen molar-refractivity contribution in [2.24, 2.45) is 0 Å². The van der Waals surface area contributed by atoms with Gasteiger partial charge in [0.05, 0.1) is 0 Å². The van der Waals surface area contributed by atoms with Gasteiger partial charge < -0.3 is 0 Å². The molecule has 0 aliphatic rings. The highest BCUT2D eigenvalue weighted by Crippen LogP contribution is 2.03. The third kappa shape index (κ3) is 8.87. The average Bonchev–Trinajstić information content (AvgIpc) is 2.10. The fourth-order valence-electron chi connectivity index (χ4n) is 0.933. The Labute approximate surface area is 82.4 Å². The number of allylic oxidation sites excluding steroid dienone is 6. The van der Waals surface area contributed by atoms with Crippen LogP contribution in [0, 0.1) is 0 Å². The zero-order chi connectivity index (χ0) is 10.1. The Balaban J connectivity index is 3.47. The Hall–Kier alpha value is -1.04. The molecule has 0 nitrogen and oxygen atoms in total. The van der Waals surface area contributed by atoms with E-state index in [2.05, 4.69) is 38.3 Å². The molecule has 0 heterocycles. The first-order chi connectivity index (χ1) is 6.16. The normalized spacial score (nSPS) is 12.0. The van der Waals surface area contributed by atoms with Crippen LogP contribution < -0.4 is 0 Å². The minimum atomic E-state index is 1.12. The first kappa shape index (κ1) is 12.0. The summed E-state index contributed by atoms with van der Waals surface area (Å²) in [5.41, 5.74) is 2.39. The van der Waals surface area contributed by atoms with Crippen LogP contribution in [0.4, 0.5) is 0 Å². The fourth-order valence-corrected chi connectivity index (χ4v) is 0.933. The Morgan fingerprint density at radius 2 is 1.92 bits per heavy atom. The summed E-state index contributed by atoms with van der Waals surface area (Å²) < 4.78 is 0. The maximum atomic E-state index is 3.80. The molecule has 0 aromatic carbocycles. The van der Waals surface area contributed by atoms with Crippen molar-refractivity contribution in [3.8, 4) is 0 Å². The van der Waals surface area contributed by atoms with E-state index in [1.54, 1.807) is 0 Å². The van der Waals surface area contributed by atoms with Crippen molar-refractivity contribution in [2.45, 2.75) is 33.1 Å². The molecule has 0 aliphatic carbocycles. The summed E-state index contributed by atoms with van der Waals surface area (Å²) >= 11 is 0. The van der Waals surface area contributed by atoms with Gasteiger partial charge in [0.15, 0.2) is 0 Å². The molecule has 0 heteroatoms. The molecule has 0 aromatic rings.